The van der Waals surface area contributed by atoms with Crippen LogP contribution >= 0.6 is 0 Å². The fraction of sp³-hybridized carbons (Fsp3) is 0.615. The van der Waals surface area contributed by atoms with Crippen LogP contribution in [0.2, 0.25) is 0 Å². The van der Waals surface area contributed by atoms with E-state index in [0.29, 0.717) is 0 Å². The standard InChI is InChI=1S/C13H21N3O/c1-9(8-14-11-5-6-11)7-12-10(2)15-16(3)13(12)17-4/h7,11,14H,5-6,8H2,1-4H3/b9-7-. The van der Waals surface area contributed by atoms with Crippen molar-refractivity contribution in [3.05, 3.63) is 16.8 Å². The molecule has 4 heteroatoms. The molecule has 1 saturated carbocycles. The molecule has 1 aromatic rings. The van der Waals surface area contributed by atoms with Gasteiger partial charge in [-0.2, -0.15) is 5.10 Å². The Labute approximate surface area is 103 Å². The third kappa shape index (κ3) is 2.88. The lowest BCUT2D eigenvalue weighted by Gasteiger charge is -2.05. The number of nitrogens with one attached hydrogen (secondary N) is 1. The molecule has 1 aromatic heterocycles. The first-order chi connectivity index (χ1) is 8.11. The van der Waals surface area contributed by atoms with E-state index in [0.717, 1.165) is 29.7 Å². The molecule has 1 heterocycles. The summed E-state index contributed by atoms with van der Waals surface area (Å²) in [6.45, 7) is 5.10. The molecule has 0 atom stereocenters. The van der Waals surface area contributed by atoms with E-state index in [2.05, 4.69) is 23.4 Å². The first-order valence-electron chi connectivity index (χ1n) is 6.10. The zero-order valence-electron chi connectivity index (χ0n) is 11.1. The third-order valence-corrected chi connectivity index (χ3v) is 3.05. The van der Waals surface area contributed by atoms with Crippen molar-refractivity contribution in [3.8, 4) is 5.88 Å². The quantitative estimate of drug-likeness (QED) is 0.847. The van der Waals surface area contributed by atoms with Crippen molar-refractivity contribution in [1.29, 1.82) is 0 Å². The molecule has 0 amide bonds. The molecule has 1 aliphatic rings. The van der Waals surface area contributed by atoms with E-state index in [1.165, 1.54) is 18.4 Å². The zero-order chi connectivity index (χ0) is 12.4. The summed E-state index contributed by atoms with van der Waals surface area (Å²) in [4.78, 5) is 0. The fourth-order valence-corrected chi connectivity index (χ4v) is 1.95. The van der Waals surface area contributed by atoms with E-state index in [1.54, 1.807) is 11.8 Å². The lowest BCUT2D eigenvalue weighted by Crippen LogP contribution is -2.18. The Hall–Kier alpha value is -1.29. The summed E-state index contributed by atoms with van der Waals surface area (Å²) in [6.07, 6.45) is 4.81. The summed E-state index contributed by atoms with van der Waals surface area (Å²) in [5.41, 5.74) is 3.41. The van der Waals surface area contributed by atoms with Crippen molar-refractivity contribution < 1.29 is 4.74 Å². The van der Waals surface area contributed by atoms with Crippen LogP contribution in [0, 0.1) is 6.92 Å². The number of nitrogens with zero attached hydrogens (tertiary/aromatic N) is 2. The predicted octanol–water partition coefficient (Wildman–Crippen LogP) is 1.89. The van der Waals surface area contributed by atoms with E-state index in [9.17, 15) is 0 Å². The van der Waals surface area contributed by atoms with Crippen LogP contribution in [0.3, 0.4) is 0 Å². The Balaban J connectivity index is 2.11. The van der Waals surface area contributed by atoms with Crippen LogP contribution in [0.15, 0.2) is 5.57 Å². The van der Waals surface area contributed by atoms with Crippen LogP contribution in [0.5, 0.6) is 5.88 Å². The minimum atomic E-state index is 0.746. The molecule has 0 bridgehead atoms. The van der Waals surface area contributed by atoms with Gasteiger partial charge in [0, 0.05) is 19.6 Å². The lowest BCUT2D eigenvalue weighted by atomic mass is 10.1. The predicted molar refractivity (Wildman–Crippen MR) is 69.2 cm³/mol. The highest BCUT2D eigenvalue weighted by molar-refractivity contribution is 5.60. The molecule has 0 unspecified atom stereocenters. The van der Waals surface area contributed by atoms with Crippen LogP contribution < -0.4 is 10.1 Å². The van der Waals surface area contributed by atoms with Crippen molar-refractivity contribution >= 4 is 6.08 Å². The van der Waals surface area contributed by atoms with Gasteiger partial charge in [0.15, 0.2) is 0 Å². The summed E-state index contributed by atoms with van der Waals surface area (Å²) in [5.74, 6) is 0.827. The number of aromatic nitrogens is 2. The van der Waals surface area contributed by atoms with Crippen LogP contribution in [0.25, 0.3) is 6.08 Å². The highest BCUT2D eigenvalue weighted by Gasteiger charge is 2.20. The SMILES string of the molecule is COc1c(/C=C(/C)CNC2CC2)c(C)nn1C. The molecule has 1 N–H and O–H groups in total. The summed E-state index contributed by atoms with van der Waals surface area (Å²) in [5, 5.41) is 7.87. The van der Waals surface area contributed by atoms with Gasteiger partial charge in [-0.05, 0) is 32.8 Å². The van der Waals surface area contributed by atoms with Crippen molar-refractivity contribution in [2.45, 2.75) is 32.7 Å². The highest BCUT2D eigenvalue weighted by Crippen LogP contribution is 2.24. The van der Waals surface area contributed by atoms with Gasteiger partial charge in [-0.15, -0.1) is 0 Å². The van der Waals surface area contributed by atoms with Gasteiger partial charge in [0.05, 0.1) is 18.4 Å². The maximum atomic E-state index is 5.37. The van der Waals surface area contributed by atoms with Gasteiger partial charge in [-0.1, -0.05) is 5.57 Å². The Bertz CT molecular complexity index is 430. The topological polar surface area (TPSA) is 39.1 Å². The molecule has 1 fully saturated rings. The molecule has 1 aliphatic carbocycles. The van der Waals surface area contributed by atoms with E-state index in [4.69, 9.17) is 4.74 Å². The van der Waals surface area contributed by atoms with Crippen LogP contribution in [-0.2, 0) is 7.05 Å². The number of methoxy groups -OCH3 is 1. The molecule has 0 saturated heterocycles. The Morgan fingerprint density at radius 3 is 2.88 bits per heavy atom. The summed E-state index contributed by atoms with van der Waals surface area (Å²) < 4.78 is 7.15. The smallest absolute Gasteiger partial charge is 0.218 e. The molecule has 0 radical (unpaired) electrons. The largest absolute Gasteiger partial charge is 0.481 e. The fourth-order valence-electron chi connectivity index (χ4n) is 1.95. The van der Waals surface area contributed by atoms with Crippen molar-refractivity contribution in [3.63, 3.8) is 0 Å². The van der Waals surface area contributed by atoms with E-state index in [1.807, 2.05) is 14.0 Å². The Kier molecular flexibility index (Phi) is 3.52. The number of hydrogen-bond donors (Lipinski definition) is 1. The van der Waals surface area contributed by atoms with Crippen LogP contribution in [-0.4, -0.2) is 29.5 Å². The zero-order valence-corrected chi connectivity index (χ0v) is 11.1. The van der Waals surface area contributed by atoms with Gasteiger partial charge in [0.25, 0.3) is 0 Å². The van der Waals surface area contributed by atoms with Gasteiger partial charge in [-0.25, -0.2) is 4.68 Å². The summed E-state index contributed by atoms with van der Waals surface area (Å²) in [7, 11) is 3.59. The molecule has 0 aromatic carbocycles. The number of aryl methyl sites for hydroxylation is 2. The van der Waals surface area contributed by atoms with Crippen molar-refractivity contribution in [2.75, 3.05) is 13.7 Å². The molecular weight excluding hydrogens is 214 g/mol. The molecular formula is C13H21N3O. The highest BCUT2D eigenvalue weighted by atomic mass is 16.5. The van der Waals surface area contributed by atoms with Crippen molar-refractivity contribution in [2.24, 2.45) is 7.05 Å². The second-order valence-electron chi connectivity index (χ2n) is 4.78. The molecule has 0 spiro atoms. The second kappa shape index (κ2) is 4.92. The van der Waals surface area contributed by atoms with Crippen LogP contribution in [0.4, 0.5) is 0 Å². The maximum Gasteiger partial charge on any atom is 0.218 e. The average Bonchev–Trinajstić information content (AvgIpc) is 3.05. The van der Waals surface area contributed by atoms with E-state index >= 15 is 0 Å². The number of hydrogen-bond acceptors (Lipinski definition) is 3. The van der Waals surface area contributed by atoms with Gasteiger partial charge in [0.2, 0.25) is 5.88 Å². The molecule has 0 aliphatic heterocycles. The van der Waals surface area contributed by atoms with E-state index < -0.39 is 0 Å². The Morgan fingerprint density at radius 2 is 2.29 bits per heavy atom. The van der Waals surface area contributed by atoms with E-state index in [-0.39, 0.29) is 0 Å². The summed E-state index contributed by atoms with van der Waals surface area (Å²) in [6, 6.07) is 0.746. The third-order valence-electron chi connectivity index (χ3n) is 3.05. The summed E-state index contributed by atoms with van der Waals surface area (Å²) >= 11 is 0. The number of rotatable bonds is 5. The van der Waals surface area contributed by atoms with Crippen LogP contribution in [0.1, 0.15) is 31.0 Å². The monoisotopic (exact) mass is 235 g/mol. The van der Waals surface area contributed by atoms with Gasteiger partial charge in [-0.3, -0.25) is 0 Å². The van der Waals surface area contributed by atoms with Gasteiger partial charge >= 0.3 is 0 Å². The first-order valence-corrected chi connectivity index (χ1v) is 6.10. The Morgan fingerprint density at radius 1 is 1.59 bits per heavy atom. The lowest BCUT2D eigenvalue weighted by molar-refractivity contribution is 0.372. The molecule has 4 nitrogen and oxygen atoms in total. The second-order valence-corrected chi connectivity index (χ2v) is 4.78. The minimum Gasteiger partial charge on any atom is -0.481 e. The van der Waals surface area contributed by atoms with Crippen molar-refractivity contribution in [1.82, 2.24) is 15.1 Å². The first kappa shape index (κ1) is 12.2. The molecule has 94 valence electrons. The molecule has 17 heavy (non-hydrogen) atoms. The average molecular weight is 235 g/mol. The minimum absolute atomic E-state index is 0.746. The number of ether oxygens (including phenoxy) is 1. The molecule has 2 rings (SSSR count). The van der Waals surface area contributed by atoms with Gasteiger partial charge in [0.1, 0.15) is 0 Å². The maximum absolute atomic E-state index is 5.37. The normalized spacial score (nSPS) is 16.4. The van der Waals surface area contributed by atoms with Gasteiger partial charge < -0.3 is 10.1 Å².